The van der Waals surface area contributed by atoms with Crippen molar-refractivity contribution in [3.05, 3.63) is 27.4 Å². The lowest BCUT2D eigenvalue weighted by molar-refractivity contribution is -0.384. The topological polar surface area (TPSA) is 94.4 Å². The van der Waals surface area contributed by atoms with Crippen molar-refractivity contribution < 1.29 is 14.5 Å². The molecule has 104 valence electrons. The van der Waals surface area contributed by atoms with Crippen LogP contribution in [0.4, 0.5) is 11.5 Å². The molecular weight excluding hydrogens is 274 g/mol. The van der Waals surface area contributed by atoms with Crippen molar-refractivity contribution in [3.8, 4) is 0 Å². The first kappa shape index (κ1) is 15.3. The van der Waals surface area contributed by atoms with Gasteiger partial charge in [0.1, 0.15) is 5.15 Å². The van der Waals surface area contributed by atoms with Gasteiger partial charge in [-0.2, -0.15) is 0 Å². The van der Waals surface area contributed by atoms with Crippen LogP contribution in [0.5, 0.6) is 0 Å². The van der Waals surface area contributed by atoms with Crippen molar-refractivity contribution in [2.24, 2.45) is 0 Å². The average molecular weight is 288 g/mol. The Morgan fingerprint density at radius 3 is 2.89 bits per heavy atom. The third-order valence-corrected chi connectivity index (χ3v) is 2.69. The van der Waals surface area contributed by atoms with E-state index in [1.807, 2.05) is 6.92 Å². The van der Waals surface area contributed by atoms with Crippen LogP contribution in [0.15, 0.2) is 12.1 Å². The summed E-state index contributed by atoms with van der Waals surface area (Å²) in [5, 5.41) is 13.2. The Labute approximate surface area is 115 Å². The number of hydrogen-bond acceptors (Lipinski definition) is 5. The molecule has 0 aliphatic rings. The zero-order valence-corrected chi connectivity index (χ0v) is 11.3. The second-order valence-corrected chi connectivity index (χ2v) is 4.28. The third kappa shape index (κ3) is 4.80. The molecule has 1 N–H and O–H groups in total. The van der Waals surface area contributed by atoms with Crippen molar-refractivity contribution in [2.45, 2.75) is 25.9 Å². The van der Waals surface area contributed by atoms with Gasteiger partial charge >= 0.3 is 5.69 Å². The highest BCUT2D eigenvalue weighted by Gasteiger charge is 2.18. The van der Waals surface area contributed by atoms with Gasteiger partial charge in [-0.05, 0) is 19.4 Å². The molecule has 1 unspecified atom stereocenters. The van der Waals surface area contributed by atoms with Crippen LogP contribution < -0.4 is 5.32 Å². The predicted octanol–water partition coefficient (Wildman–Crippen LogP) is 2.40. The molecule has 7 nitrogen and oxygen atoms in total. The van der Waals surface area contributed by atoms with E-state index in [4.69, 9.17) is 16.3 Å². The molecule has 8 heteroatoms. The largest absolute Gasteiger partial charge is 0.382 e. The molecule has 0 spiro atoms. The standard InChI is InChI=1S/C11H14ClN3O4/c1-7(19-2)3-6-10(16)14-11-8(15(17)18)4-5-9(12)13-11/h4-5,7H,3,6H2,1-2H3,(H,13,14,16). The highest BCUT2D eigenvalue weighted by molar-refractivity contribution is 6.29. The Kier molecular flexibility index (Phi) is 5.65. The second kappa shape index (κ2) is 7.01. The quantitative estimate of drug-likeness (QED) is 0.492. The molecule has 0 radical (unpaired) electrons. The van der Waals surface area contributed by atoms with E-state index < -0.39 is 4.92 Å². The smallest absolute Gasteiger partial charge is 0.311 e. The molecule has 1 aromatic rings. The van der Waals surface area contributed by atoms with E-state index >= 15 is 0 Å². The zero-order chi connectivity index (χ0) is 14.4. The maximum Gasteiger partial charge on any atom is 0.311 e. The highest BCUT2D eigenvalue weighted by atomic mass is 35.5. The molecule has 0 bridgehead atoms. The van der Waals surface area contributed by atoms with Gasteiger partial charge in [-0.1, -0.05) is 11.6 Å². The average Bonchev–Trinajstić information content (AvgIpc) is 2.35. The second-order valence-electron chi connectivity index (χ2n) is 3.89. The molecule has 0 saturated heterocycles. The van der Waals surface area contributed by atoms with Crippen LogP contribution in [-0.4, -0.2) is 29.0 Å². The van der Waals surface area contributed by atoms with Crippen LogP contribution in [0.3, 0.4) is 0 Å². The first-order chi connectivity index (χ1) is 8.93. The summed E-state index contributed by atoms with van der Waals surface area (Å²) in [5.74, 6) is -0.519. The number of carbonyl (C=O) groups excluding carboxylic acids is 1. The molecule has 1 atom stereocenters. The Bertz CT molecular complexity index is 481. The zero-order valence-electron chi connectivity index (χ0n) is 10.6. The fourth-order valence-electron chi connectivity index (χ4n) is 1.31. The maximum absolute atomic E-state index is 11.6. The summed E-state index contributed by atoms with van der Waals surface area (Å²) >= 11 is 5.65. The van der Waals surface area contributed by atoms with Crippen LogP contribution in [0, 0.1) is 10.1 Å². The molecule has 19 heavy (non-hydrogen) atoms. The summed E-state index contributed by atoms with van der Waals surface area (Å²) in [5.41, 5.74) is -0.294. The Balaban J connectivity index is 2.73. The molecule has 0 aromatic carbocycles. The molecule has 1 aromatic heterocycles. The van der Waals surface area contributed by atoms with Gasteiger partial charge in [0, 0.05) is 19.6 Å². The highest BCUT2D eigenvalue weighted by Crippen LogP contribution is 2.24. The van der Waals surface area contributed by atoms with Gasteiger partial charge in [0.05, 0.1) is 11.0 Å². The van der Waals surface area contributed by atoms with Gasteiger partial charge in [0.2, 0.25) is 11.7 Å². The van der Waals surface area contributed by atoms with E-state index in [0.717, 1.165) is 0 Å². The van der Waals surface area contributed by atoms with Crippen LogP contribution >= 0.6 is 11.6 Å². The number of nitrogens with one attached hydrogen (secondary N) is 1. The van der Waals surface area contributed by atoms with Crippen LogP contribution in [0.2, 0.25) is 5.15 Å². The monoisotopic (exact) mass is 287 g/mol. The minimum atomic E-state index is -0.628. The van der Waals surface area contributed by atoms with E-state index in [2.05, 4.69) is 10.3 Å². The van der Waals surface area contributed by atoms with Crippen molar-refractivity contribution in [2.75, 3.05) is 12.4 Å². The lowest BCUT2D eigenvalue weighted by atomic mass is 10.2. The van der Waals surface area contributed by atoms with E-state index in [9.17, 15) is 14.9 Å². The van der Waals surface area contributed by atoms with Crippen molar-refractivity contribution in [1.82, 2.24) is 4.98 Å². The fraction of sp³-hybridized carbons (Fsp3) is 0.455. The Morgan fingerprint density at radius 2 is 2.32 bits per heavy atom. The summed E-state index contributed by atoms with van der Waals surface area (Å²) in [6.07, 6.45) is 0.630. The SMILES string of the molecule is COC(C)CCC(=O)Nc1nc(Cl)ccc1[N+](=O)[O-]. The number of rotatable bonds is 6. The van der Waals surface area contributed by atoms with Gasteiger partial charge in [-0.25, -0.2) is 4.98 Å². The number of ether oxygens (including phenoxy) is 1. The summed E-state index contributed by atoms with van der Waals surface area (Å²) in [6, 6.07) is 2.49. The molecular formula is C11H14ClN3O4. The number of pyridine rings is 1. The fourth-order valence-corrected chi connectivity index (χ4v) is 1.46. The number of halogens is 1. The molecule has 0 saturated carbocycles. The number of hydrogen-bond donors (Lipinski definition) is 1. The van der Waals surface area contributed by atoms with Crippen LogP contribution in [0.1, 0.15) is 19.8 Å². The van der Waals surface area contributed by atoms with Gasteiger partial charge < -0.3 is 10.1 Å². The molecule has 0 aliphatic heterocycles. The van der Waals surface area contributed by atoms with E-state index in [1.165, 1.54) is 12.1 Å². The number of methoxy groups -OCH3 is 1. The number of nitro groups is 1. The number of amides is 1. The van der Waals surface area contributed by atoms with E-state index in [0.29, 0.717) is 6.42 Å². The third-order valence-electron chi connectivity index (χ3n) is 2.47. The summed E-state index contributed by atoms with van der Waals surface area (Å²) in [7, 11) is 1.55. The minimum Gasteiger partial charge on any atom is -0.382 e. The molecule has 1 amide bonds. The predicted molar refractivity (Wildman–Crippen MR) is 70.2 cm³/mol. The molecule has 1 heterocycles. The molecule has 1 rings (SSSR count). The lowest BCUT2D eigenvalue weighted by Gasteiger charge is -2.09. The van der Waals surface area contributed by atoms with Gasteiger partial charge in [0.25, 0.3) is 0 Å². The minimum absolute atomic E-state index is 0.0620. The van der Waals surface area contributed by atoms with Crippen molar-refractivity contribution in [3.63, 3.8) is 0 Å². The Hall–Kier alpha value is -1.73. The normalized spacial score (nSPS) is 11.9. The van der Waals surface area contributed by atoms with Gasteiger partial charge in [-0.15, -0.1) is 0 Å². The van der Waals surface area contributed by atoms with Crippen LogP contribution in [-0.2, 0) is 9.53 Å². The van der Waals surface area contributed by atoms with E-state index in [-0.39, 0.29) is 35.1 Å². The maximum atomic E-state index is 11.6. The number of nitrogens with zero attached hydrogens (tertiary/aromatic N) is 2. The summed E-state index contributed by atoms with van der Waals surface area (Å²) < 4.78 is 5.01. The lowest BCUT2D eigenvalue weighted by Crippen LogP contribution is -2.16. The number of carbonyl (C=O) groups is 1. The van der Waals surface area contributed by atoms with Crippen molar-refractivity contribution in [1.29, 1.82) is 0 Å². The number of anilines is 1. The van der Waals surface area contributed by atoms with Gasteiger partial charge in [-0.3, -0.25) is 14.9 Å². The van der Waals surface area contributed by atoms with Crippen LogP contribution in [0.25, 0.3) is 0 Å². The summed E-state index contributed by atoms with van der Waals surface area (Å²) in [4.78, 5) is 25.5. The molecule has 0 aliphatic carbocycles. The Morgan fingerprint density at radius 1 is 1.63 bits per heavy atom. The van der Waals surface area contributed by atoms with Gasteiger partial charge in [0.15, 0.2) is 0 Å². The molecule has 0 fully saturated rings. The van der Waals surface area contributed by atoms with E-state index in [1.54, 1.807) is 7.11 Å². The first-order valence-electron chi connectivity index (χ1n) is 5.57. The first-order valence-corrected chi connectivity index (χ1v) is 5.95. The summed E-state index contributed by atoms with van der Waals surface area (Å²) in [6.45, 7) is 1.83. The number of aromatic nitrogens is 1. The van der Waals surface area contributed by atoms with Crippen molar-refractivity contribution >= 4 is 29.0 Å².